The Morgan fingerprint density at radius 2 is 1.79 bits per heavy atom. The molecule has 0 saturated carbocycles. The van der Waals surface area contributed by atoms with Crippen molar-refractivity contribution in [2.45, 2.75) is 19.3 Å². The predicted octanol–water partition coefficient (Wildman–Crippen LogP) is 3.65. The molecule has 1 aliphatic rings. The van der Waals surface area contributed by atoms with Gasteiger partial charge in [0.2, 0.25) is 16.8 Å². The summed E-state index contributed by atoms with van der Waals surface area (Å²) in [5.74, 6) is 0.732. The first kappa shape index (κ1) is 22.5. The Morgan fingerprint density at radius 1 is 1.09 bits per heavy atom. The quantitative estimate of drug-likeness (QED) is 0.565. The molecule has 33 heavy (non-hydrogen) atoms. The van der Waals surface area contributed by atoms with E-state index in [0.29, 0.717) is 45.9 Å². The number of para-hydroxylation sites is 1. The van der Waals surface area contributed by atoms with Gasteiger partial charge in [0.25, 0.3) is 5.91 Å². The fraction of sp³-hybridized carbons (Fsp3) is 0.304. The molecular formula is C23H24N4O5S. The maximum absolute atomic E-state index is 12.8. The third-order valence-corrected chi connectivity index (χ3v) is 6.47. The smallest absolute Gasteiger partial charge is 0.257 e. The van der Waals surface area contributed by atoms with Gasteiger partial charge in [0.1, 0.15) is 5.01 Å². The summed E-state index contributed by atoms with van der Waals surface area (Å²) in [6.07, 6.45) is 0.351. The van der Waals surface area contributed by atoms with E-state index in [1.165, 1.54) is 32.7 Å². The first-order valence-corrected chi connectivity index (χ1v) is 11.1. The zero-order valence-electron chi connectivity index (χ0n) is 18.7. The number of nitrogens with zero attached hydrogens (tertiary/aromatic N) is 3. The molecule has 9 nitrogen and oxygen atoms in total. The Bertz CT molecular complexity index is 1170. The van der Waals surface area contributed by atoms with Crippen LogP contribution in [-0.4, -0.2) is 49.9 Å². The number of hydrogen-bond acceptors (Lipinski definition) is 8. The van der Waals surface area contributed by atoms with Crippen molar-refractivity contribution in [2.75, 3.05) is 38.1 Å². The Labute approximate surface area is 195 Å². The second-order valence-electron chi connectivity index (χ2n) is 7.51. The van der Waals surface area contributed by atoms with E-state index in [2.05, 4.69) is 15.5 Å². The van der Waals surface area contributed by atoms with Gasteiger partial charge in [-0.25, -0.2) is 0 Å². The van der Waals surface area contributed by atoms with Crippen LogP contribution in [0.15, 0.2) is 36.4 Å². The molecule has 1 aliphatic heterocycles. The maximum Gasteiger partial charge on any atom is 0.257 e. The lowest BCUT2D eigenvalue weighted by atomic mass is 10.1. The van der Waals surface area contributed by atoms with E-state index in [-0.39, 0.29) is 17.7 Å². The van der Waals surface area contributed by atoms with Crippen LogP contribution in [0, 0.1) is 6.92 Å². The molecule has 0 spiro atoms. The lowest BCUT2D eigenvalue weighted by molar-refractivity contribution is -0.117. The molecule has 1 atom stereocenters. The highest BCUT2D eigenvalue weighted by Gasteiger charge is 2.34. The first-order chi connectivity index (χ1) is 15.9. The third-order valence-electron chi connectivity index (χ3n) is 5.47. The fourth-order valence-electron chi connectivity index (χ4n) is 3.80. The zero-order chi connectivity index (χ0) is 23.5. The summed E-state index contributed by atoms with van der Waals surface area (Å²) < 4.78 is 15.9. The second kappa shape index (κ2) is 9.45. The average molecular weight is 469 g/mol. The van der Waals surface area contributed by atoms with Crippen LogP contribution >= 0.6 is 11.3 Å². The number of aromatic nitrogens is 2. The Hall–Kier alpha value is -3.66. The number of aryl methyl sites for hydroxylation is 1. The summed E-state index contributed by atoms with van der Waals surface area (Å²) in [7, 11) is 4.47. The molecule has 3 aromatic rings. The molecule has 4 rings (SSSR count). The van der Waals surface area contributed by atoms with Crippen molar-refractivity contribution in [3.05, 3.63) is 52.5 Å². The molecule has 2 heterocycles. The highest BCUT2D eigenvalue weighted by Crippen LogP contribution is 2.39. The SMILES string of the molecule is COc1cc(C(=O)Nc2nnc([C@@H]3CC(=O)N(c4ccccc4C)C3)s2)cc(OC)c1OC. The molecule has 2 amide bonds. The predicted molar refractivity (Wildman–Crippen MR) is 125 cm³/mol. The molecule has 1 aromatic heterocycles. The Kier molecular flexibility index (Phi) is 6.45. The van der Waals surface area contributed by atoms with Crippen molar-refractivity contribution < 1.29 is 23.8 Å². The van der Waals surface area contributed by atoms with Gasteiger partial charge in [-0.3, -0.25) is 14.9 Å². The number of ether oxygens (including phenoxy) is 3. The molecule has 10 heteroatoms. The van der Waals surface area contributed by atoms with E-state index >= 15 is 0 Å². The standard InChI is InChI=1S/C23H24N4O5S/c1-13-7-5-6-8-16(13)27-12-15(11-19(27)28)22-25-26-23(33-22)24-21(29)14-9-17(30-2)20(32-4)18(10-14)31-3/h5-10,15H,11-12H2,1-4H3,(H,24,26,29)/t15-/m1/s1. The monoisotopic (exact) mass is 468 g/mol. The Morgan fingerprint density at radius 3 is 2.42 bits per heavy atom. The van der Waals surface area contributed by atoms with E-state index in [9.17, 15) is 9.59 Å². The van der Waals surface area contributed by atoms with Crippen LogP contribution in [0.2, 0.25) is 0 Å². The minimum Gasteiger partial charge on any atom is -0.493 e. The largest absolute Gasteiger partial charge is 0.493 e. The molecule has 2 aromatic carbocycles. The van der Waals surface area contributed by atoms with Crippen LogP contribution in [0.1, 0.15) is 33.3 Å². The molecule has 172 valence electrons. The molecule has 1 saturated heterocycles. The summed E-state index contributed by atoms with van der Waals surface area (Å²) >= 11 is 1.26. The number of rotatable bonds is 7. The van der Waals surface area contributed by atoms with E-state index in [0.717, 1.165) is 11.3 Å². The number of anilines is 2. The molecular weight excluding hydrogens is 444 g/mol. The lowest BCUT2D eigenvalue weighted by Crippen LogP contribution is -2.25. The summed E-state index contributed by atoms with van der Waals surface area (Å²) in [5, 5.41) is 12.2. The number of carbonyl (C=O) groups excluding carboxylic acids is 2. The van der Waals surface area contributed by atoms with Crippen LogP contribution in [0.5, 0.6) is 17.2 Å². The molecule has 1 N–H and O–H groups in total. The number of carbonyl (C=O) groups is 2. The van der Waals surface area contributed by atoms with Gasteiger partial charge in [-0.2, -0.15) is 0 Å². The zero-order valence-corrected chi connectivity index (χ0v) is 19.6. The van der Waals surface area contributed by atoms with E-state index in [1.807, 2.05) is 31.2 Å². The lowest BCUT2D eigenvalue weighted by Gasteiger charge is -2.18. The van der Waals surface area contributed by atoms with Gasteiger partial charge in [0.15, 0.2) is 11.5 Å². The average Bonchev–Trinajstić information content (AvgIpc) is 3.44. The normalized spacial score (nSPS) is 15.5. The topological polar surface area (TPSA) is 103 Å². The van der Waals surface area contributed by atoms with Crippen molar-refractivity contribution in [1.82, 2.24) is 10.2 Å². The summed E-state index contributed by atoms with van der Waals surface area (Å²) in [6, 6.07) is 10.9. The van der Waals surface area contributed by atoms with Gasteiger partial charge >= 0.3 is 0 Å². The molecule has 0 radical (unpaired) electrons. The van der Waals surface area contributed by atoms with Gasteiger partial charge in [-0.05, 0) is 30.7 Å². The van der Waals surface area contributed by atoms with Crippen LogP contribution in [-0.2, 0) is 4.79 Å². The molecule has 0 aliphatic carbocycles. The van der Waals surface area contributed by atoms with Gasteiger partial charge in [0.05, 0.1) is 21.3 Å². The van der Waals surface area contributed by atoms with Gasteiger partial charge in [0, 0.05) is 30.1 Å². The maximum atomic E-state index is 12.8. The van der Waals surface area contributed by atoms with E-state index in [1.54, 1.807) is 17.0 Å². The first-order valence-electron chi connectivity index (χ1n) is 10.3. The van der Waals surface area contributed by atoms with Crippen LogP contribution in [0.4, 0.5) is 10.8 Å². The number of benzene rings is 2. The summed E-state index contributed by atoms with van der Waals surface area (Å²) in [6.45, 7) is 2.51. The second-order valence-corrected chi connectivity index (χ2v) is 8.51. The minimum atomic E-state index is -0.388. The molecule has 1 fully saturated rings. The van der Waals surface area contributed by atoms with Crippen molar-refractivity contribution in [3.8, 4) is 17.2 Å². The fourth-order valence-corrected chi connectivity index (χ4v) is 4.63. The highest BCUT2D eigenvalue weighted by atomic mass is 32.1. The number of methoxy groups -OCH3 is 3. The minimum absolute atomic E-state index is 0.0486. The third kappa shape index (κ3) is 4.47. The van der Waals surface area contributed by atoms with Crippen molar-refractivity contribution in [2.24, 2.45) is 0 Å². The summed E-state index contributed by atoms with van der Waals surface area (Å²) in [5.41, 5.74) is 2.27. The van der Waals surface area contributed by atoms with E-state index in [4.69, 9.17) is 14.2 Å². The highest BCUT2D eigenvalue weighted by molar-refractivity contribution is 7.15. The number of nitrogens with one attached hydrogen (secondary N) is 1. The number of amides is 2. The van der Waals surface area contributed by atoms with Gasteiger partial charge in [-0.1, -0.05) is 29.5 Å². The molecule has 0 bridgehead atoms. The van der Waals surface area contributed by atoms with Gasteiger partial charge < -0.3 is 19.1 Å². The summed E-state index contributed by atoms with van der Waals surface area (Å²) in [4.78, 5) is 27.2. The van der Waals surface area contributed by atoms with Crippen LogP contribution in [0.3, 0.4) is 0 Å². The van der Waals surface area contributed by atoms with Crippen molar-refractivity contribution in [3.63, 3.8) is 0 Å². The van der Waals surface area contributed by atoms with E-state index < -0.39 is 0 Å². The molecule has 0 unspecified atom stereocenters. The Balaban J connectivity index is 1.49. The van der Waals surface area contributed by atoms with Gasteiger partial charge in [-0.15, -0.1) is 10.2 Å². The van der Waals surface area contributed by atoms with Crippen LogP contribution < -0.4 is 24.4 Å². The number of hydrogen-bond donors (Lipinski definition) is 1. The van der Waals surface area contributed by atoms with Crippen LogP contribution in [0.25, 0.3) is 0 Å². The van der Waals surface area contributed by atoms with Crippen molar-refractivity contribution >= 4 is 34.0 Å². The van der Waals surface area contributed by atoms with Crippen molar-refractivity contribution in [1.29, 1.82) is 0 Å².